The Balaban J connectivity index is 2.11. The van der Waals surface area contributed by atoms with E-state index in [9.17, 15) is 0 Å². The fraction of sp³-hybridized carbons (Fsp3) is 0.438. The number of halogens is 1. The summed E-state index contributed by atoms with van der Waals surface area (Å²) in [6.45, 7) is 1.09. The lowest BCUT2D eigenvalue weighted by molar-refractivity contribution is 0.0811. The fourth-order valence-corrected chi connectivity index (χ4v) is 2.83. The third-order valence-corrected chi connectivity index (χ3v) is 4.90. The van der Waals surface area contributed by atoms with Gasteiger partial charge in [0.1, 0.15) is 18.2 Å². The predicted molar refractivity (Wildman–Crippen MR) is 99.8 cm³/mol. The Morgan fingerprint density at radius 1 is 1.30 bits per heavy atom. The van der Waals surface area contributed by atoms with E-state index < -0.39 is 10.0 Å². The summed E-state index contributed by atoms with van der Waals surface area (Å²) < 4.78 is 12.7. The van der Waals surface area contributed by atoms with E-state index in [0.29, 0.717) is 35.5 Å². The molecular weight excluding hydrogens is 334 g/mol. The van der Waals surface area contributed by atoms with E-state index in [1.165, 1.54) is 0 Å². The molecule has 0 amide bonds. The molecule has 0 saturated carbocycles. The molecule has 1 aromatic heterocycles. The molecule has 0 aliphatic carbocycles. The molecule has 0 spiro atoms. The molecule has 23 heavy (non-hydrogen) atoms. The van der Waals surface area contributed by atoms with Crippen LogP contribution in [0.25, 0.3) is 11.3 Å². The first-order valence-corrected chi connectivity index (χ1v) is 10.6. The topological polar surface area (TPSA) is 62.3 Å². The molecule has 1 heterocycles. The van der Waals surface area contributed by atoms with Gasteiger partial charge in [0.15, 0.2) is 0 Å². The maximum absolute atomic E-state index is 6.09. The van der Waals surface area contributed by atoms with Crippen LogP contribution in [0.3, 0.4) is 0 Å². The molecule has 2 rings (SSSR count). The highest BCUT2D eigenvalue weighted by Gasteiger charge is 2.14. The van der Waals surface area contributed by atoms with Gasteiger partial charge in [-0.3, -0.25) is 0 Å². The summed E-state index contributed by atoms with van der Waals surface area (Å²) in [6.07, 6.45) is 8.57. The minimum Gasteiger partial charge on any atom is -0.496 e. The first-order valence-electron chi connectivity index (χ1n) is 7.21. The number of hydrogen-bond acceptors (Lipinski definition) is 4. The molecule has 7 heteroatoms. The van der Waals surface area contributed by atoms with Crippen molar-refractivity contribution >= 4 is 27.3 Å². The molecule has 2 N–H and O–H groups in total. The molecule has 0 atom stereocenters. The van der Waals surface area contributed by atoms with Crippen molar-refractivity contribution in [3.05, 3.63) is 29.4 Å². The Hall–Kier alpha value is -1.37. The van der Waals surface area contributed by atoms with Crippen molar-refractivity contribution < 1.29 is 9.47 Å². The van der Waals surface area contributed by atoms with Gasteiger partial charge in [0.2, 0.25) is 0 Å². The molecule has 5 nitrogen and oxygen atoms in total. The zero-order chi connectivity index (χ0) is 17.0. The van der Waals surface area contributed by atoms with Gasteiger partial charge in [0, 0.05) is 16.3 Å². The number of methoxy groups -OCH3 is 1. The average molecular weight is 358 g/mol. The van der Waals surface area contributed by atoms with E-state index in [4.69, 9.17) is 26.8 Å². The third-order valence-electron chi connectivity index (χ3n) is 3.27. The maximum atomic E-state index is 6.09. The van der Waals surface area contributed by atoms with Gasteiger partial charge in [0.25, 0.3) is 0 Å². The zero-order valence-electron chi connectivity index (χ0n) is 14.0. The second-order valence-electron chi connectivity index (χ2n) is 6.15. The van der Waals surface area contributed by atoms with Crippen LogP contribution in [0.1, 0.15) is 0 Å². The van der Waals surface area contributed by atoms with Crippen molar-refractivity contribution in [1.29, 1.82) is 0 Å². The summed E-state index contributed by atoms with van der Waals surface area (Å²) in [5.74, 6) is 1.75. The van der Waals surface area contributed by atoms with Gasteiger partial charge >= 0.3 is 0 Å². The monoisotopic (exact) mass is 357 g/mol. The molecular formula is C16H24ClN3O2S. The van der Waals surface area contributed by atoms with Crippen LogP contribution < -0.4 is 10.5 Å². The minimum atomic E-state index is -0.549. The minimum absolute atomic E-state index is 0.378. The number of nitrogens with zero attached hydrogens (tertiary/aromatic N) is 2. The number of rotatable bonds is 7. The van der Waals surface area contributed by atoms with Crippen molar-refractivity contribution in [3.63, 3.8) is 0 Å². The molecule has 1 aromatic carbocycles. The number of anilines is 1. The molecule has 0 bridgehead atoms. The van der Waals surface area contributed by atoms with Crippen molar-refractivity contribution in [2.45, 2.75) is 6.73 Å². The summed E-state index contributed by atoms with van der Waals surface area (Å²) in [5, 5.41) is 5.11. The smallest absolute Gasteiger partial charge is 0.139 e. The van der Waals surface area contributed by atoms with E-state index in [1.807, 2.05) is 0 Å². The number of hydrogen-bond donors (Lipinski definition) is 1. The molecule has 0 aliphatic rings. The van der Waals surface area contributed by atoms with Crippen molar-refractivity contribution in [2.24, 2.45) is 0 Å². The Morgan fingerprint density at radius 2 is 2.04 bits per heavy atom. The second-order valence-corrected chi connectivity index (χ2v) is 11.2. The lowest BCUT2D eigenvalue weighted by Crippen LogP contribution is -2.10. The average Bonchev–Trinajstić information content (AvgIpc) is 2.83. The maximum Gasteiger partial charge on any atom is 0.139 e. The van der Waals surface area contributed by atoms with Crippen LogP contribution in [0, 0.1) is 0 Å². The highest BCUT2D eigenvalue weighted by Crippen LogP contribution is 2.35. The van der Waals surface area contributed by atoms with E-state index in [2.05, 4.69) is 23.9 Å². The molecule has 0 aliphatic heterocycles. The van der Waals surface area contributed by atoms with Crippen LogP contribution in [0.5, 0.6) is 5.75 Å². The van der Waals surface area contributed by atoms with Gasteiger partial charge in [-0.2, -0.15) is 5.10 Å². The van der Waals surface area contributed by atoms with Crippen molar-refractivity contribution in [1.82, 2.24) is 9.78 Å². The van der Waals surface area contributed by atoms with E-state index >= 15 is 0 Å². The number of nitrogens with two attached hydrogens (primary N) is 1. The van der Waals surface area contributed by atoms with Gasteiger partial charge in [-0.1, -0.05) is 11.6 Å². The Morgan fingerprint density at radius 3 is 2.70 bits per heavy atom. The van der Waals surface area contributed by atoms with E-state index in [0.717, 1.165) is 11.3 Å². The first kappa shape index (κ1) is 18.0. The summed E-state index contributed by atoms with van der Waals surface area (Å²) >= 11 is 6.07. The van der Waals surface area contributed by atoms with Gasteiger partial charge in [0.05, 0.1) is 25.6 Å². The van der Waals surface area contributed by atoms with Crippen LogP contribution in [0.4, 0.5) is 5.69 Å². The normalized spacial score (nSPS) is 12.4. The molecule has 128 valence electrons. The number of benzene rings is 1. The number of ether oxygens (including phenoxy) is 2. The van der Waals surface area contributed by atoms with Crippen LogP contribution in [0.2, 0.25) is 5.02 Å². The van der Waals surface area contributed by atoms with Crippen molar-refractivity contribution in [3.8, 4) is 17.0 Å². The highest BCUT2D eigenvalue weighted by molar-refractivity contribution is 8.32. The van der Waals surface area contributed by atoms with Crippen LogP contribution in [0.15, 0.2) is 24.4 Å². The zero-order valence-corrected chi connectivity index (χ0v) is 15.6. The number of nitrogen functional groups attached to an aromatic ring is 1. The standard InChI is InChI=1S/C16H24ClN3O2S/c1-21-15-6-5-12(17)9-13(15)16-14(18)10-20(19-16)11-22-7-8-23(2,3)4/h5-6,9-10H,7-8,11,18H2,1-4H3. The largest absolute Gasteiger partial charge is 0.496 e. The number of aromatic nitrogens is 2. The van der Waals surface area contributed by atoms with E-state index in [1.54, 1.807) is 36.2 Å². The summed E-state index contributed by atoms with van der Waals surface area (Å²) in [4.78, 5) is 0. The fourth-order valence-electron chi connectivity index (χ4n) is 2.04. The Kier molecular flexibility index (Phi) is 5.84. The Bertz CT molecular complexity index is 668. The SMILES string of the molecule is COc1ccc(Cl)cc1-c1nn(COCCS(C)(C)C)cc1N. The van der Waals surface area contributed by atoms with Crippen LogP contribution in [-0.2, 0) is 11.5 Å². The van der Waals surface area contributed by atoms with Crippen LogP contribution >= 0.6 is 21.6 Å². The summed E-state index contributed by atoms with van der Waals surface area (Å²) in [5.41, 5.74) is 8.07. The summed E-state index contributed by atoms with van der Waals surface area (Å²) in [7, 11) is 1.06. The predicted octanol–water partition coefficient (Wildman–Crippen LogP) is 3.46. The molecule has 0 saturated heterocycles. The van der Waals surface area contributed by atoms with Gasteiger partial charge in [-0.15, -0.1) is 0 Å². The summed E-state index contributed by atoms with van der Waals surface area (Å²) in [6, 6.07) is 5.38. The molecule has 0 radical (unpaired) electrons. The Labute approximate surface area is 144 Å². The molecule has 0 unspecified atom stereocenters. The van der Waals surface area contributed by atoms with Crippen LogP contribution in [-0.4, -0.2) is 48.0 Å². The van der Waals surface area contributed by atoms with Gasteiger partial charge < -0.3 is 15.2 Å². The first-order chi connectivity index (χ1) is 10.8. The van der Waals surface area contributed by atoms with Gasteiger partial charge in [-0.05, 0) is 37.0 Å². The quantitative estimate of drug-likeness (QED) is 0.771. The molecule has 0 fully saturated rings. The second kappa shape index (κ2) is 7.47. The third kappa shape index (κ3) is 5.06. The van der Waals surface area contributed by atoms with Gasteiger partial charge in [-0.25, -0.2) is 14.7 Å². The lowest BCUT2D eigenvalue weighted by atomic mass is 10.1. The lowest BCUT2D eigenvalue weighted by Gasteiger charge is -2.24. The van der Waals surface area contributed by atoms with Crippen molar-refractivity contribution in [2.75, 3.05) is 44.0 Å². The van der Waals surface area contributed by atoms with E-state index in [-0.39, 0.29) is 0 Å². The highest BCUT2D eigenvalue weighted by atomic mass is 35.5. The molecule has 2 aromatic rings.